The van der Waals surface area contributed by atoms with Crippen LogP contribution in [0.5, 0.6) is 11.5 Å². The van der Waals surface area contributed by atoms with Crippen molar-refractivity contribution in [3.05, 3.63) is 206 Å². The molecule has 2 aromatic heterocycles. The van der Waals surface area contributed by atoms with E-state index in [2.05, 4.69) is 210 Å². The first-order chi connectivity index (χ1) is 28.2. The molecule has 6 aromatic carbocycles. The summed E-state index contributed by atoms with van der Waals surface area (Å²) >= 11 is 0. The number of rotatable bonds is 8. The first kappa shape index (κ1) is 50.0. The van der Waals surface area contributed by atoms with Crippen molar-refractivity contribution in [3.8, 4) is 45.4 Å². The molecule has 8 rings (SSSR count). The fourth-order valence-electron chi connectivity index (χ4n) is 8.66. The number of fused-ring (bicyclic) bond motifs is 2. The molecule has 8 aromatic rings. The molecule has 324 valence electrons. The zero-order valence-corrected chi connectivity index (χ0v) is 42.2. The van der Waals surface area contributed by atoms with Crippen LogP contribution in [0.4, 0.5) is 0 Å². The van der Waals surface area contributed by atoms with Gasteiger partial charge in [-0.1, -0.05) is 151 Å². The van der Waals surface area contributed by atoms with Gasteiger partial charge in [0.25, 0.3) is 0 Å². The van der Waals surface area contributed by atoms with Crippen LogP contribution in [0.25, 0.3) is 67.9 Å². The predicted octanol–water partition coefficient (Wildman–Crippen LogP) is 16.0. The molecule has 6 heteroatoms. The van der Waals surface area contributed by atoms with Gasteiger partial charge in [-0.3, -0.25) is 0 Å². The first-order valence-electron chi connectivity index (χ1n) is 20.6. The van der Waals surface area contributed by atoms with Gasteiger partial charge in [0.15, 0.2) is 0 Å². The minimum Gasteiger partial charge on any atom is -0.693 e. The number of nitrogens with zero attached hydrogens (tertiary/aromatic N) is 2. The molecule has 0 bridgehead atoms. The van der Waals surface area contributed by atoms with Crippen molar-refractivity contribution in [2.75, 3.05) is 0 Å². The number of nitrogens with two attached hydrogens (primary N) is 1. The molecular formula is C57H62HfN3O2-3. The monoisotopic (exact) mass is 1000 g/mol. The van der Waals surface area contributed by atoms with E-state index in [1.807, 2.05) is 12.1 Å². The summed E-state index contributed by atoms with van der Waals surface area (Å²) < 4.78 is 4.59. The molecule has 0 aliphatic heterocycles. The molecule has 0 aliphatic rings. The topological polar surface area (TPSA) is 83.8 Å². The van der Waals surface area contributed by atoms with Crippen LogP contribution in [-0.4, -0.2) is 19.3 Å². The Labute approximate surface area is 394 Å². The maximum Gasteiger partial charge on any atom is 0.128 e. The summed E-state index contributed by atoms with van der Waals surface area (Å²) in [4.78, 5) is 0. The van der Waals surface area contributed by atoms with Crippen LogP contribution in [0.1, 0.15) is 74.9 Å². The van der Waals surface area contributed by atoms with Gasteiger partial charge in [-0.05, 0) is 96.3 Å². The molecule has 0 fully saturated rings. The van der Waals surface area contributed by atoms with Crippen molar-refractivity contribution < 1.29 is 36.1 Å². The summed E-state index contributed by atoms with van der Waals surface area (Å²) in [5, 5.41) is 26.4. The van der Waals surface area contributed by atoms with Gasteiger partial charge >= 0.3 is 0 Å². The van der Waals surface area contributed by atoms with Crippen molar-refractivity contribution in [1.82, 2.24) is 9.13 Å². The second kappa shape index (κ2) is 19.8. The molecule has 63 heavy (non-hydrogen) atoms. The number of aromatic nitrogens is 2. The molecule has 0 unspecified atom stereocenters. The number of hydrogen-bond acceptors (Lipinski definition) is 2. The van der Waals surface area contributed by atoms with Gasteiger partial charge in [0.2, 0.25) is 0 Å². The third-order valence-electron chi connectivity index (χ3n) is 11.4. The normalized spacial score (nSPS) is 11.7. The third kappa shape index (κ3) is 9.49. The molecule has 0 amide bonds. The second-order valence-electron chi connectivity index (χ2n) is 17.9. The van der Waals surface area contributed by atoms with Gasteiger partial charge in [0, 0.05) is 75.8 Å². The van der Waals surface area contributed by atoms with E-state index in [0.29, 0.717) is 17.9 Å². The molecule has 0 atom stereocenters. The molecule has 0 aliphatic carbocycles. The number of phenolic OH excluding ortho intramolecular Hbond substituents is 2. The number of aromatic hydroxyl groups is 2. The minimum absolute atomic E-state index is 0. The molecule has 4 N–H and O–H groups in total. The number of aryl methyl sites for hydroxylation is 2. The fraction of sp³-hybridized carbons (Fsp3) is 0.193. The Morgan fingerprint density at radius 2 is 0.937 bits per heavy atom. The summed E-state index contributed by atoms with van der Waals surface area (Å²) in [6, 6.07) is 46.4. The van der Waals surface area contributed by atoms with E-state index in [9.17, 15) is 10.2 Å². The zero-order valence-electron chi connectivity index (χ0n) is 38.6. The van der Waals surface area contributed by atoms with E-state index in [1.165, 1.54) is 0 Å². The van der Waals surface area contributed by atoms with E-state index >= 15 is 0 Å². The van der Waals surface area contributed by atoms with Crippen molar-refractivity contribution in [3.63, 3.8) is 0 Å². The summed E-state index contributed by atoms with van der Waals surface area (Å²) in [5.41, 5.74) is 13.6. The number of para-hydroxylation sites is 4. The predicted molar refractivity (Wildman–Crippen MR) is 268 cm³/mol. The van der Waals surface area contributed by atoms with Crippen LogP contribution in [0.2, 0.25) is 0 Å². The van der Waals surface area contributed by atoms with Crippen LogP contribution in [0.3, 0.4) is 0 Å². The van der Waals surface area contributed by atoms with Crippen LogP contribution >= 0.6 is 0 Å². The third-order valence-corrected chi connectivity index (χ3v) is 11.4. The van der Waals surface area contributed by atoms with Crippen LogP contribution < -0.4 is 0 Å². The van der Waals surface area contributed by atoms with E-state index in [-0.39, 0.29) is 57.7 Å². The van der Waals surface area contributed by atoms with Gasteiger partial charge in [0.05, 0.1) is 22.4 Å². The quantitative estimate of drug-likeness (QED) is 0.0903. The number of phenols is 2. The van der Waals surface area contributed by atoms with Gasteiger partial charge < -0.3 is 40.4 Å². The SMILES string of the molecule is Cc1cc(-c2c(/C=C/C=C\Cc3c(-c4cc(C)cc(C(C)(C)C)c4O)n(-c4ccccc4)c4ccccc34)c3ccccc3n2-c2ccccc2)c(O)c(C(C)(C)C)c1.[CH3-].[CH3-].[Hf].[NH2-]. The van der Waals surface area contributed by atoms with E-state index in [4.69, 9.17) is 0 Å². The van der Waals surface area contributed by atoms with E-state index in [0.717, 1.165) is 89.1 Å². The molecule has 5 nitrogen and oxygen atoms in total. The number of hydrogen-bond donors (Lipinski definition) is 2. The molecule has 0 saturated carbocycles. The number of benzene rings is 6. The van der Waals surface area contributed by atoms with Gasteiger partial charge in [-0.2, -0.15) is 0 Å². The fourth-order valence-corrected chi connectivity index (χ4v) is 8.66. The Hall–Kier alpha value is -5.69. The summed E-state index contributed by atoms with van der Waals surface area (Å²) in [6.45, 7) is 17.1. The van der Waals surface area contributed by atoms with Crippen molar-refractivity contribution in [1.29, 1.82) is 0 Å². The summed E-state index contributed by atoms with van der Waals surface area (Å²) in [7, 11) is 0. The maximum absolute atomic E-state index is 12.1. The Kier molecular flexibility index (Phi) is 15.7. The molecule has 0 saturated heterocycles. The Balaban J connectivity index is 0.00000218. The van der Waals surface area contributed by atoms with Crippen LogP contribution in [-0.2, 0) is 43.1 Å². The smallest absolute Gasteiger partial charge is 0.128 e. The zero-order chi connectivity index (χ0) is 41.6. The average molecular weight is 1000 g/mol. The van der Waals surface area contributed by atoms with Crippen LogP contribution in [0.15, 0.2) is 152 Å². The summed E-state index contributed by atoms with van der Waals surface area (Å²) in [6.07, 6.45) is 9.29. The van der Waals surface area contributed by atoms with Crippen molar-refractivity contribution in [2.24, 2.45) is 0 Å². The van der Waals surface area contributed by atoms with Gasteiger partial charge in [-0.15, -0.1) is 0 Å². The molecular weight excluding hydrogens is 937 g/mol. The minimum atomic E-state index is -0.251. The molecule has 0 radical (unpaired) electrons. The molecule has 0 spiro atoms. The largest absolute Gasteiger partial charge is 0.693 e. The summed E-state index contributed by atoms with van der Waals surface area (Å²) in [5.74, 6) is 0.634. The molecule has 2 heterocycles. The van der Waals surface area contributed by atoms with Gasteiger partial charge in [-0.25, -0.2) is 0 Å². The van der Waals surface area contributed by atoms with E-state index in [1.54, 1.807) is 0 Å². The number of allylic oxidation sites excluding steroid dienone is 3. The maximum atomic E-state index is 12.1. The van der Waals surface area contributed by atoms with Crippen LogP contribution in [0, 0.1) is 28.7 Å². The van der Waals surface area contributed by atoms with Crippen molar-refractivity contribution in [2.45, 2.75) is 72.6 Å². The van der Waals surface area contributed by atoms with Gasteiger partial charge in [0.1, 0.15) is 11.5 Å². The Morgan fingerprint density at radius 1 is 0.524 bits per heavy atom. The Bertz CT molecular complexity index is 2900. The second-order valence-corrected chi connectivity index (χ2v) is 17.9. The average Bonchev–Trinajstić information content (AvgIpc) is 3.71. The van der Waals surface area contributed by atoms with E-state index < -0.39 is 0 Å². The standard InChI is InChI=1S/C55H54N2O2.2CH3.Hf.H2N/c1-36-32-44(52(58)46(34-36)54(3,4)5)50-42(40-26-18-20-30-48(40)56(50)38-22-12-9-13-23-38)28-16-11-17-29-43-41-27-19-21-31-49(41)57(39-24-14-10-15-25-39)51(43)45-33-37(2)35-47(53(45)59)55(6,7)8;;;;/h9-28,30-35,58-59H,29H2,1-8H3;2*1H3;;1H2/q;2*-1;;-1/b17-11-,28-16+;;;;. The Morgan fingerprint density at radius 3 is 1.43 bits per heavy atom. The van der Waals surface area contributed by atoms with Crippen molar-refractivity contribution >= 4 is 27.9 Å². The first-order valence-corrected chi connectivity index (χ1v) is 20.6.